The van der Waals surface area contributed by atoms with E-state index in [-0.39, 0.29) is 22.8 Å². The Balaban J connectivity index is 1.75. The first-order valence-electron chi connectivity index (χ1n) is 10.4. The van der Waals surface area contributed by atoms with Crippen LogP contribution in [0.15, 0.2) is 71.5 Å². The molecule has 0 saturated heterocycles. The van der Waals surface area contributed by atoms with Gasteiger partial charge >= 0.3 is 6.18 Å². The van der Waals surface area contributed by atoms with Crippen LogP contribution >= 0.6 is 11.3 Å². The van der Waals surface area contributed by atoms with Crippen molar-refractivity contribution >= 4 is 38.7 Å². The zero-order valence-corrected chi connectivity index (χ0v) is 19.0. The number of thiazole rings is 1. The van der Waals surface area contributed by atoms with Crippen LogP contribution < -0.4 is 10.3 Å². The van der Waals surface area contributed by atoms with E-state index < -0.39 is 17.3 Å². The Morgan fingerprint density at radius 2 is 1.74 bits per heavy atom. The van der Waals surface area contributed by atoms with E-state index in [0.29, 0.717) is 21.6 Å². The molecule has 0 aliphatic heterocycles. The molecule has 0 bridgehead atoms. The van der Waals surface area contributed by atoms with Crippen molar-refractivity contribution in [3.63, 3.8) is 0 Å². The lowest BCUT2D eigenvalue weighted by atomic mass is 10.0. The number of nitrogens with zero attached hydrogens (tertiary/aromatic N) is 2. The molecule has 0 radical (unpaired) electrons. The third-order valence-corrected chi connectivity index (χ3v) is 6.58. The zero-order valence-electron chi connectivity index (χ0n) is 18.2. The van der Waals surface area contributed by atoms with Gasteiger partial charge in [-0.2, -0.15) is 13.2 Å². The maximum atomic E-state index is 13.7. The predicted octanol–water partition coefficient (Wildman–Crippen LogP) is 6.48. The standard InChI is InChI=1S/C26H17F3N2O3S/c1-34-20-7-4-5-16(23(20)32)11-14-18-22(15-9-12-17(13-10-15)26(27,28)29)24(33)31-19-6-2-3-8-21(19)35-25(31)30-18/h2-14,32H,1H3/b14-11+. The normalized spacial score (nSPS) is 12.1. The quantitative estimate of drug-likeness (QED) is 0.311. The second-order valence-corrected chi connectivity index (χ2v) is 8.68. The molecule has 35 heavy (non-hydrogen) atoms. The molecule has 0 atom stereocenters. The highest BCUT2D eigenvalue weighted by atomic mass is 32.1. The van der Waals surface area contributed by atoms with Gasteiger partial charge in [-0.3, -0.25) is 9.20 Å². The van der Waals surface area contributed by atoms with Gasteiger partial charge in [0, 0.05) is 5.56 Å². The summed E-state index contributed by atoms with van der Waals surface area (Å²) < 4.78 is 46.8. The first kappa shape index (κ1) is 22.7. The molecule has 0 spiro atoms. The number of rotatable bonds is 4. The van der Waals surface area contributed by atoms with E-state index in [9.17, 15) is 23.1 Å². The molecule has 0 aliphatic carbocycles. The van der Waals surface area contributed by atoms with Gasteiger partial charge in [0.25, 0.3) is 5.56 Å². The number of benzene rings is 3. The van der Waals surface area contributed by atoms with Crippen LogP contribution in [0.2, 0.25) is 0 Å². The fourth-order valence-corrected chi connectivity index (χ4v) is 4.87. The van der Waals surface area contributed by atoms with E-state index in [0.717, 1.165) is 16.8 Å². The van der Waals surface area contributed by atoms with E-state index in [4.69, 9.17) is 4.74 Å². The molecule has 0 fully saturated rings. The van der Waals surface area contributed by atoms with Crippen LogP contribution in [0.3, 0.4) is 0 Å². The van der Waals surface area contributed by atoms with Gasteiger partial charge in [0.05, 0.1) is 34.1 Å². The number of halogens is 3. The fourth-order valence-electron chi connectivity index (χ4n) is 3.85. The number of fused-ring (bicyclic) bond motifs is 3. The number of phenols is 1. The highest BCUT2D eigenvalue weighted by molar-refractivity contribution is 7.23. The molecule has 176 valence electrons. The molecule has 0 amide bonds. The Hall–Kier alpha value is -4.11. The van der Waals surface area contributed by atoms with Crippen LogP contribution in [0.25, 0.3) is 38.5 Å². The summed E-state index contributed by atoms with van der Waals surface area (Å²) in [5.41, 5.74) is 0.605. The van der Waals surface area contributed by atoms with Crippen LogP contribution in [0.1, 0.15) is 16.8 Å². The number of phenolic OH excluding ortho intramolecular Hbond substituents is 1. The second-order valence-electron chi connectivity index (χ2n) is 7.67. The number of aromatic nitrogens is 2. The van der Waals surface area contributed by atoms with Gasteiger partial charge in [-0.15, -0.1) is 0 Å². The summed E-state index contributed by atoms with van der Waals surface area (Å²) in [4.78, 5) is 18.8. The Morgan fingerprint density at radius 3 is 2.46 bits per heavy atom. The number of alkyl halides is 3. The molecule has 2 aromatic heterocycles. The van der Waals surface area contributed by atoms with Gasteiger partial charge in [-0.1, -0.05) is 47.7 Å². The number of para-hydroxylation sites is 2. The van der Waals surface area contributed by atoms with Crippen molar-refractivity contribution in [2.24, 2.45) is 0 Å². The Kier molecular flexibility index (Phi) is 5.56. The zero-order chi connectivity index (χ0) is 24.7. The summed E-state index contributed by atoms with van der Waals surface area (Å²) in [5.74, 6) is 0.199. The summed E-state index contributed by atoms with van der Waals surface area (Å²) >= 11 is 1.33. The van der Waals surface area contributed by atoms with E-state index >= 15 is 0 Å². The highest BCUT2D eigenvalue weighted by Crippen LogP contribution is 2.34. The molecule has 0 unspecified atom stereocenters. The Labute approximate surface area is 201 Å². The first-order chi connectivity index (χ1) is 16.8. The van der Waals surface area contributed by atoms with E-state index in [2.05, 4.69) is 4.98 Å². The molecule has 5 rings (SSSR count). The molecule has 5 aromatic rings. The van der Waals surface area contributed by atoms with Crippen LogP contribution in [-0.2, 0) is 6.18 Å². The molecule has 0 aliphatic rings. The Bertz CT molecular complexity index is 1650. The maximum Gasteiger partial charge on any atom is 0.416 e. The van der Waals surface area contributed by atoms with Crippen molar-refractivity contribution in [1.82, 2.24) is 9.38 Å². The summed E-state index contributed by atoms with van der Waals surface area (Å²) in [5, 5.41) is 10.4. The van der Waals surface area contributed by atoms with Gasteiger partial charge in [-0.05, 0) is 48.0 Å². The topological polar surface area (TPSA) is 63.8 Å². The van der Waals surface area contributed by atoms with Gasteiger partial charge in [-0.25, -0.2) is 4.98 Å². The van der Waals surface area contributed by atoms with Gasteiger partial charge in [0.1, 0.15) is 0 Å². The van der Waals surface area contributed by atoms with E-state index in [1.54, 1.807) is 42.5 Å². The smallest absolute Gasteiger partial charge is 0.416 e. The van der Waals surface area contributed by atoms with E-state index in [1.807, 2.05) is 12.1 Å². The lowest BCUT2D eigenvalue weighted by Gasteiger charge is -2.10. The summed E-state index contributed by atoms with van der Waals surface area (Å²) in [7, 11) is 1.43. The van der Waals surface area contributed by atoms with Crippen LogP contribution in [-0.4, -0.2) is 21.6 Å². The van der Waals surface area contributed by atoms with Crippen LogP contribution in [0, 0.1) is 0 Å². The molecule has 9 heteroatoms. The van der Waals surface area contributed by atoms with E-state index in [1.165, 1.54) is 35.0 Å². The van der Waals surface area contributed by atoms with Gasteiger partial charge in [0.2, 0.25) is 0 Å². The van der Waals surface area contributed by atoms with Crippen molar-refractivity contribution < 1.29 is 23.0 Å². The lowest BCUT2D eigenvalue weighted by molar-refractivity contribution is -0.137. The summed E-state index contributed by atoms with van der Waals surface area (Å²) in [6.45, 7) is 0. The summed E-state index contributed by atoms with van der Waals surface area (Å²) in [6.07, 6.45) is -1.35. The number of hydrogen-bond donors (Lipinski definition) is 1. The SMILES string of the molecule is COc1cccc(/C=C/c2nc3sc4ccccc4n3c(=O)c2-c2ccc(C(F)(F)F)cc2)c1O. The van der Waals surface area contributed by atoms with Gasteiger partial charge < -0.3 is 9.84 Å². The number of hydrogen-bond acceptors (Lipinski definition) is 5. The third kappa shape index (κ3) is 4.04. The van der Waals surface area contributed by atoms with Crippen LogP contribution in [0.4, 0.5) is 13.2 Å². The monoisotopic (exact) mass is 494 g/mol. The fraction of sp³-hybridized carbons (Fsp3) is 0.0769. The van der Waals surface area contributed by atoms with Crippen molar-refractivity contribution in [2.45, 2.75) is 6.18 Å². The number of ether oxygens (including phenoxy) is 1. The molecular weight excluding hydrogens is 477 g/mol. The van der Waals surface area contributed by atoms with Crippen molar-refractivity contribution in [3.05, 3.63) is 93.9 Å². The minimum absolute atomic E-state index is 0.0815. The van der Waals surface area contributed by atoms with Gasteiger partial charge in [0.15, 0.2) is 16.5 Å². The minimum atomic E-state index is -4.49. The molecule has 5 nitrogen and oxygen atoms in total. The molecular formula is C26H17F3N2O3S. The molecule has 1 N–H and O–H groups in total. The molecule has 3 aromatic carbocycles. The predicted molar refractivity (Wildman–Crippen MR) is 131 cm³/mol. The molecule has 0 saturated carbocycles. The molecule has 2 heterocycles. The van der Waals surface area contributed by atoms with Crippen LogP contribution in [0.5, 0.6) is 11.5 Å². The average Bonchev–Trinajstić information content (AvgIpc) is 3.22. The third-order valence-electron chi connectivity index (χ3n) is 5.56. The number of aromatic hydroxyl groups is 1. The number of methoxy groups -OCH3 is 1. The highest BCUT2D eigenvalue weighted by Gasteiger charge is 2.30. The maximum absolute atomic E-state index is 13.7. The lowest BCUT2D eigenvalue weighted by Crippen LogP contribution is -2.17. The first-order valence-corrected chi connectivity index (χ1v) is 11.3. The van der Waals surface area contributed by atoms with Crippen molar-refractivity contribution in [1.29, 1.82) is 0 Å². The van der Waals surface area contributed by atoms with Crippen molar-refractivity contribution in [2.75, 3.05) is 7.11 Å². The largest absolute Gasteiger partial charge is 0.504 e. The minimum Gasteiger partial charge on any atom is -0.504 e. The summed E-state index contributed by atoms with van der Waals surface area (Å²) in [6, 6.07) is 16.7. The Morgan fingerprint density at radius 1 is 1.00 bits per heavy atom. The van der Waals surface area contributed by atoms with Crippen molar-refractivity contribution in [3.8, 4) is 22.6 Å². The second kappa shape index (κ2) is 8.59. The average molecular weight is 494 g/mol.